The molecule has 1 amide bonds. The topological polar surface area (TPSA) is 40.5 Å². The minimum atomic E-state index is -0.727. The van der Waals surface area contributed by atoms with Gasteiger partial charge in [0.2, 0.25) is 0 Å². The number of carbonyl (C=O) groups excluding carboxylic acids is 1. The molecular weight excluding hydrogens is 142 g/mol. The summed E-state index contributed by atoms with van der Waals surface area (Å²) >= 11 is 0. The van der Waals surface area contributed by atoms with E-state index in [0.717, 1.165) is 0 Å². The van der Waals surface area contributed by atoms with Crippen LogP contribution < -0.4 is 0 Å². The zero-order chi connectivity index (χ0) is 8.48. The van der Waals surface area contributed by atoms with E-state index in [-0.39, 0.29) is 5.91 Å². The van der Waals surface area contributed by atoms with Gasteiger partial charge >= 0.3 is 0 Å². The molecule has 1 rings (SSSR count). The van der Waals surface area contributed by atoms with Crippen LogP contribution >= 0.6 is 0 Å². The molecule has 11 heavy (non-hydrogen) atoms. The van der Waals surface area contributed by atoms with Crippen molar-refractivity contribution in [3.8, 4) is 0 Å². The van der Waals surface area contributed by atoms with Gasteiger partial charge in [0.25, 0.3) is 5.91 Å². The van der Waals surface area contributed by atoms with Gasteiger partial charge in [0.05, 0.1) is 12.0 Å². The van der Waals surface area contributed by atoms with Crippen molar-refractivity contribution in [3.63, 3.8) is 0 Å². The Morgan fingerprint density at radius 1 is 1.55 bits per heavy atom. The summed E-state index contributed by atoms with van der Waals surface area (Å²) < 4.78 is 0. The largest absolute Gasteiger partial charge is 0.286 e. The second-order valence-electron chi connectivity index (χ2n) is 2.63. The predicted octanol–water partition coefficient (Wildman–Crippen LogP) is 0.966. The van der Waals surface area contributed by atoms with Gasteiger partial charge in [0, 0.05) is 0 Å². The first kappa shape index (κ1) is 8.01. The Labute approximate surface area is 65.6 Å². The smallest absolute Gasteiger partial charge is 0.259 e. The summed E-state index contributed by atoms with van der Waals surface area (Å²) in [6.45, 7) is 7.44. The summed E-state index contributed by atoms with van der Waals surface area (Å²) in [4.78, 5) is 11.2. The minimum absolute atomic E-state index is 0.331. The molecule has 1 fully saturated rings. The average Bonchev–Trinajstić information content (AvgIpc) is 2.32. The molecule has 0 bridgehead atoms. The Hall–Kier alpha value is -1.09. The first-order chi connectivity index (χ1) is 5.16. The molecule has 1 saturated heterocycles. The lowest BCUT2D eigenvalue weighted by atomic mass is 9.87. The summed E-state index contributed by atoms with van der Waals surface area (Å²) in [5.41, 5.74) is -0.727. The molecule has 3 nitrogen and oxygen atoms in total. The Balaban J connectivity index is 2.95. The van der Waals surface area contributed by atoms with Crippen LogP contribution in [0, 0.1) is 5.41 Å². The van der Waals surface area contributed by atoms with Crippen LogP contribution in [0.4, 0.5) is 0 Å². The van der Waals surface area contributed by atoms with Gasteiger partial charge in [-0.15, -0.1) is 13.2 Å². The van der Waals surface area contributed by atoms with E-state index in [9.17, 15) is 4.79 Å². The quantitative estimate of drug-likeness (QED) is 0.474. The van der Waals surface area contributed by atoms with Gasteiger partial charge in [-0.2, -0.15) is 0 Å². The highest BCUT2D eigenvalue weighted by atomic mass is 16.5. The summed E-state index contributed by atoms with van der Waals surface area (Å²) in [5, 5.41) is 9.70. The van der Waals surface area contributed by atoms with Crippen LogP contribution in [0.1, 0.15) is 6.42 Å². The van der Waals surface area contributed by atoms with E-state index >= 15 is 0 Å². The molecule has 1 aliphatic rings. The standard InChI is InChI=1S/C8H11NO2/c1-3-8(4-2)5-6-9(11)7(8)10/h3-4,11H,1-2,5-6H2. The zero-order valence-corrected chi connectivity index (χ0v) is 6.29. The minimum Gasteiger partial charge on any atom is -0.286 e. The van der Waals surface area contributed by atoms with Crippen LogP contribution in [-0.4, -0.2) is 22.7 Å². The number of hydrogen-bond acceptors (Lipinski definition) is 2. The third-order valence-corrected chi connectivity index (χ3v) is 2.10. The lowest BCUT2D eigenvalue weighted by Gasteiger charge is -2.16. The lowest BCUT2D eigenvalue weighted by Crippen LogP contribution is -2.29. The van der Waals surface area contributed by atoms with E-state index in [1.165, 1.54) is 12.2 Å². The van der Waals surface area contributed by atoms with Crippen LogP contribution in [0.25, 0.3) is 0 Å². The van der Waals surface area contributed by atoms with E-state index in [4.69, 9.17) is 5.21 Å². The van der Waals surface area contributed by atoms with E-state index in [1.54, 1.807) is 0 Å². The van der Waals surface area contributed by atoms with Gasteiger partial charge in [-0.3, -0.25) is 10.0 Å². The number of hydrogen-bond donors (Lipinski definition) is 1. The van der Waals surface area contributed by atoms with Gasteiger partial charge in [0.15, 0.2) is 0 Å². The van der Waals surface area contributed by atoms with Crippen molar-refractivity contribution < 1.29 is 10.0 Å². The molecule has 0 aromatic rings. The first-order valence-electron chi connectivity index (χ1n) is 3.44. The van der Waals surface area contributed by atoms with Gasteiger partial charge < -0.3 is 0 Å². The predicted molar refractivity (Wildman–Crippen MR) is 40.9 cm³/mol. The number of carbonyl (C=O) groups is 1. The van der Waals surface area contributed by atoms with Crippen molar-refractivity contribution in [2.75, 3.05) is 6.54 Å². The third-order valence-electron chi connectivity index (χ3n) is 2.10. The molecule has 3 heteroatoms. The summed E-state index contributed by atoms with van der Waals surface area (Å²) in [7, 11) is 0. The number of rotatable bonds is 2. The number of nitrogens with zero attached hydrogens (tertiary/aromatic N) is 1. The van der Waals surface area contributed by atoms with Gasteiger partial charge in [-0.25, -0.2) is 5.06 Å². The molecule has 1 heterocycles. The Morgan fingerprint density at radius 2 is 2.09 bits per heavy atom. The maximum absolute atomic E-state index is 11.2. The molecule has 0 aliphatic carbocycles. The van der Waals surface area contributed by atoms with Crippen molar-refractivity contribution in [2.45, 2.75) is 6.42 Å². The maximum Gasteiger partial charge on any atom is 0.259 e. The van der Waals surface area contributed by atoms with Gasteiger partial charge in [-0.1, -0.05) is 12.2 Å². The fourth-order valence-electron chi connectivity index (χ4n) is 1.20. The number of hydroxylamine groups is 2. The van der Waals surface area contributed by atoms with Crippen LogP contribution in [0.15, 0.2) is 25.3 Å². The van der Waals surface area contributed by atoms with Crippen molar-refractivity contribution in [1.29, 1.82) is 0 Å². The summed E-state index contributed by atoms with van der Waals surface area (Å²) in [5.74, 6) is -0.331. The maximum atomic E-state index is 11.2. The molecule has 0 saturated carbocycles. The van der Waals surface area contributed by atoms with Crippen molar-refractivity contribution in [1.82, 2.24) is 5.06 Å². The van der Waals surface area contributed by atoms with Crippen molar-refractivity contribution in [2.24, 2.45) is 5.41 Å². The molecule has 0 unspecified atom stereocenters. The zero-order valence-electron chi connectivity index (χ0n) is 6.29. The number of amides is 1. The van der Waals surface area contributed by atoms with Crippen LogP contribution in [0.5, 0.6) is 0 Å². The molecule has 0 atom stereocenters. The third kappa shape index (κ3) is 0.973. The molecule has 0 spiro atoms. The Bertz CT molecular complexity index is 202. The summed E-state index contributed by atoms with van der Waals surface area (Å²) in [6.07, 6.45) is 3.62. The van der Waals surface area contributed by atoms with Crippen LogP contribution in [0.2, 0.25) is 0 Å². The van der Waals surface area contributed by atoms with E-state index in [2.05, 4.69) is 13.2 Å². The summed E-state index contributed by atoms with van der Waals surface area (Å²) in [6, 6.07) is 0. The van der Waals surface area contributed by atoms with E-state index in [1.807, 2.05) is 0 Å². The fourth-order valence-corrected chi connectivity index (χ4v) is 1.20. The Morgan fingerprint density at radius 3 is 2.27 bits per heavy atom. The second-order valence-corrected chi connectivity index (χ2v) is 2.63. The lowest BCUT2D eigenvalue weighted by molar-refractivity contribution is -0.161. The molecule has 60 valence electrons. The van der Waals surface area contributed by atoms with Gasteiger partial charge in [0.1, 0.15) is 0 Å². The normalized spacial score (nSPS) is 21.9. The van der Waals surface area contributed by atoms with E-state index in [0.29, 0.717) is 18.0 Å². The fraction of sp³-hybridized carbons (Fsp3) is 0.375. The molecule has 1 N–H and O–H groups in total. The van der Waals surface area contributed by atoms with Crippen LogP contribution in [0.3, 0.4) is 0 Å². The van der Waals surface area contributed by atoms with E-state index < -0.39 is 5.41 Å². The van der Waals surface area contributed by atoms with Crippen molar-refractivity contribution in [3.05, 3.63) is 25.3 Å². The van der Waals surface area contributed by atoms with Crippen molar-refractivity contribution >= 4 is 5.91 Å². The molecule has 0 aromatic heterocycles. The Kier molecular flexibility index (Phi) is 1.83. The highest BCUT2D eigenvalue weighted by Crippen LogP contribution is 2.32. The highest BCUT2D eigenvalue weighted by molar-refractivity contribution is 5.87. The molecular formula is C8H11NO2. The monoisotopic (exact) mass is 153 g/mol. The average molecular weight is 153 g/mol. The van der Waals surface area contributed by atoms with Crippen LogP contribution in [-0.2, 0) is 4.79 Å². The second kappa shape index (κ2) is 2.51. The molecule has 0 aromatic carbocycles. The highest BCUT2D eigenvalue weighted by Gasteiger charge is 2.41. The SMILES string of the molecule is C=CC1(C=C)CCN(O)C1=O. The van der Waals surface area contributed by atoms with Gasteiger partial charge in [-0.05, 0) is 6.42 Å². The first-order valence-corrected chi connectivity index (χ1v) is 3.44. The molecule has 0 radical (unpaired) electrons. The molecule has 1 aliphatic heterocycles.